The summed E-state index contributed by atoms with van der Waals surface area (Å²) < 4.78 is 15.4. The van der Waals surface area contributed by atoms with Crippen LogP contribution < -0.4 is 5.73 Å². The molecule has 1 atom stereocenters. The average molecular weight is 268 g/mol. The van der Waals surface area contributed by atoms with Crippen LogP contribution in [0.1, 0.15) is 11.1 Å². The van der Waals surface area contributed by atoms with Crippen molar-refractivity contribution in [2.75, 3.05) is 0 Å². The van der Waals surface area contributed by atoms with E-state index in [0.29, 0.717) is 18.4 Å². The van der Waals surface area contributed by atoms with Gasteiger partial charge in [-0.2, -0.15) is 5.10 Å². The molecule has 2 N–H and O–H groups in total. The van der Waals surface area contributed by atoms with Crippen LogP contribution >= 0.6 is 11.6 Å². The Morgan fingerprint density at radius 2 is 2.22 bits per heavy atom. The number of nitrogens with two attached hydrogens (primary N) is 1. The van der Waals surface area contributed by atoms with Crippen molar-refractivity contribution in [3.63, 3.8) is 0 Å². The third-order valence-corrected chi connectivity index (χ3v) is 3.06. The lowest BCUT2D eigenvalue weighted by Gasteiger charge is -2.11. The molecule has 1 aromatic heterocycles. The van der Waals surface area contributed by atoms with E-state index in [2.05, 4.69) is 5.10 Å². The van der Waals surface area contributed by atoms with Crippen molar-refractivity contribution in [1.82, 2.24) is 9.78 Å². The molecule has 1 unspecified atom stereocenters. The van der Waals surface area contributed by atoms with Gasteiger partial charge in [0, 0.05) is 19.3 Å². The van der Waals surface area contributed by atoms with Crippen LogP contribution in [-0.2, 0) is 19.9 Å². The highest BCUT2D eigenvalue weighted by Gasteiger charge is 2.11. The van der Waals surface area contributed by atoms with Crippen molar-refractivity contribution in [1.29, 1.82) is 0 Å². The van der Waals surface area contributed by atoms with Gasteiger partial charge in [0.25, 0.3) is 0 Å². The normalized spacial score (nSPS) is 12.7. The molecule has 2 aromatic rings. The van der Waals surface area contributed by atoms with E-state index in [-0.39, 0.29) is 16.9 Å². The Balaban J connectivity index is 2.03. The minimum Gasteiger partial charge on any atom is -0.327 e. The zero-order chi connectivity index (χ0) is 13.1. The van der Waals surface area contributed by atoms with Crippen LogP contribution in [0.15, 0.2) is 30.6 Å². The molecule has 0 saturated carbocycles. The first-order chi connectivity index (χ1) is 8.56. The second-order valence-corrected chi connectivity index (χ2v) is 4.81. The summed E-state index contributed by atoms with van der Waals surface area (Å²) in [6.45, 7) is 0. The Bertz CT molecular complexity index is 539. The molecule has 0 bridgehead atoms. The van der Waals surface area contributed by atoms with E-state index in [4.69, 9.17) is 17.3 Å². The lowest BCUT2D eigenvalue weighted by atomic mass is 10.0. The quantitative estimate of drug-likeness (QED) is 0.924. The van der Waals surface area contributed by atoms with Gasteiger partial charge in [-0.1, -0.05) is 23.7 Å². The number of hydrogen-bond donors (Lipinski definition) is 1. The molecule has 0 aliphatic rings. The topological polar surface area (TPSA) is 43.8 Å². The summed E-state index contributed by atoms with van der Waals surface area (Å²) in [5, 5.41) is 4.21. The molecule has 0 aliphatic carbocycles. The highest BCUT2D eigenvalue weighted by Crippen LogP contribution is 2.19. The van der Waals surface area contributed by atoms with Crippen molar-refractivity contribution in [3.05, 3.63) is 52.6 Å². The van der Waals surface area contributed by atoms with Crippen LogP contribution in [0.4, 0.5) is 4.39 Å². The minimum absolute atomic E-state index is 0.140. The molecule has 1 aromatic carbocycles. The van der Waals surface area contributed by atoms with Gasteiger partial charge in [0.15, 0.2) is 0 Å². The second-order valence-electron chi connectivity index (χ2n) is 4.40. The fourth-order valence-corrected chi connectivity index (χ4v) is 2.13. The van der Waals surface area contributed by atoms with Crippen molar-refractivity contribution < 1.29 is 4.39 Å². The lowest BCUT2D eigenvalue weighted by Crippen LogP contribution is -2.25. The third kappa shape index (κ3) is 3.09. The van der Waals surface area contributed by atoms with E-state index in [1.165, 1.54) is 6.07 Å². The molecule has 0 amide bonds. The summed E-state index contributed by atoms with van der Waals surface area (Å²) in [5.74, 6) is -0.374. The average Bonchev–Trinajstić information content (AvgIpc) is 2.70. The summed E-state index contributed by atoms with van der Waals surface area (Å²) in [5.41, 5.74) is 7.62. The SMILES string of the molecule is Cn1cc(CC(N)Cc2cccc(Cl)c2F)cn1. The number of hydrogen-bond acceptors (Lipinski definition) is 2. The zero-order valence-corrected chi connectivity index (χ0v) is 10.9. The van der Waals surface area contributed by atoms with Gasteiger partial charge in [0.2, 0.25) is 0 Å². The van der Waals surface area contributed by atoms with Gasteiger partial charge in [0.05, 0.1) is 11.2 Å². The third-order valence-electron chi connectivity index (χ3n) is 2.77. The maximum absolute atomic E-state index is 13.7. The molecule has 3 nitrogen and oxygen atoms in total. The van der Waals surface area contributed by atoms with Crippen LogP contribution in [0.3, 0.4) is 0 Å². The first-order valence-electron chi connectivity index (χ1n) is 5.72. The Labute approximate surface area is 110 Å². The number of halogens is 2. The monoisotopic (exact) mass is 267 g/mol. The molecule has 18 heavy (non-hydrogen) atoms. The lowest BCUT2D eigenvalue weighted by molar-refractivity contribution is 0.584. The van der Waals surface area contributed by atoms with Gasteiger partial charge in [0.1, 0.15) is 5.82 Å². The van der Waals surface area contributed by atoms with E-state index >= 15 is 0 Å². The number of rotatable bonds is 4. The summed E-state index contributed by atoms with van der Waals surface area (Å²) >= 11 is 5.73. The van der Waals surface area contributed by atoms with E-state index < -0.39 is 0 Å². The van der Waals surface area contributed by atoms with Crippen LogP contribution in [0.5, 0.6) is 0 Å². The molecule has 0 saturated heterocycles. The smallest absolute Gasteiger partial charge is 0.145 e. The molecule has 0 fully saturated rings. The van der Waals surface area contributed by atoms with E-state index in [1.807, 2.05) is 13.2 Å². The van der Waals surface area contributed by atoms with Crippen molar-refractivity contribution in [3.8, 4) is 0 Å². The van der Waals surface area contributed by atoms with Crippen molar-refractivity contribution in [2.24, 2.45) is 12.8 Å². The maximum Gasteiger partial charge on any atom is 0.145 e. The molecule has 96 valence electrons. The van der Waals surface area contributed by atoms with E-state index in [1.54, 1.807) is 23.0 Å². The van der Waals surface area contributed by atoms with E-state index in [9.17, 15) is 4.39 Å². The van der Waals surface area contributed by atoms with E-state index in [0.717, 1.165) is 5.56 Å². The van der Waals surface area contributed by atoms with Gasteiger partial charge >= 0.3 is 0 Å². The highest BCUT2D eigenvalue weighted by atomic mass is 35.5. The largest absolute Gasteiger partial charge is 0.327 e. The number of aryl methyl sites for hydroxylation is 1. The molecule has 5 heteroatoms. The van der Waals surface area contributed by atoms with Gasteiger partial charge in [-0.15, -0.1) is 0 Å². The van der Waals surface area contributed by atoms with Crippen LogP contribution in [-0.4, -0.2) is 15.8 Å². The Morgan fingerprint density at radius 1 is 1.44 bits per heavy atom. The van der Waals surface area contributed by atoms with Gasteiger partial charge in [-0.25, -0.2) is 4.39 Å². The summed E-state index contributed by atoms with van der Waals surface area (Å²) in [4.78, 5) is 0. The highest BCUT2D eigenvalue weighted by molar-refractivity contribution is 6.30. The second kappa shape index (κ2) is 5.50. The molecule has 0 radical (unpaired) electrons. The minimum atomic E-state index is -0.374. The summed E-state index contributed by atoms with van der Waals surface area (Å²) in [6, 6.07) is 4.83. The summed E-state index contributed by atoms with van der Waals surface area (Å²) in [6.07, 6.45) is 4.81. The Kier molecular flexibility index (Phi) is 3.99. The van der Waals surface area contributed by atoms with Gasteiger partial charge in [-0.05, 0) is 30.0 Å². The number of benzene rings is 1. The molecular weight excluding hydrogens is 253 g/mol. The molecule has 1 heterocycles. The van der Waals surface area contributed by atoms with Crippen LogP contribution in [0.25, 0.3) is 0 Å². The Hall–Kier alpha value is -1.39. The standard InChI is InChI=1S/C13H15ClFN3/c1-18-8-9(7-17-18)5-11(16)6-10-3-2-4-12(14)13(10)15/h2-4,7-8,11H,5-6,16H2,1H3. The predicted octanol–water partition coefficient (Wildman–Crippen LogP) is 2.33. The predicted molar refractivity (Wildman–Crippen MR) is 70.0 cm³/mol. The molecule has 0 spiro atoms. The fraction of sp³-hybridized carbons (Fsp3) is 0.308. The molecular formula is C13H15ClFN3. The van der Waals surface area contributed by atoms with Crippen LogP contribution in [0, 0.1) is 5.82 Å². The summed E-state index contributed by atoms with van der Waals surface area (Å²) in [7, 11) is 1.85. The molecule has 2 rings (SSSR count). The fourth-order valence-electron chi connectivity index (χ4n) is 1.94. The van der Waals surface area contributed by atoms with Gasteiger partial charge < -0.3 is 5.73 Å². The molecule has 0 aliphatic heterocycles. The van der Waals surface area contributed by atoms with Crippen molar-refractivity contribution >= 4 is 11.6 Å². The van der Waals surface area contributed by atoms with Crippen LogP contribution in [0.2, 0.25) is 5.02 Å². The Morgan fingerprint density at radius 3 is 2.89 bits per heavy atom. The first-order valence-corrected chi connectivity index (χ1v) is 6.10. The number of aromatic nitrogens is 2. The maximum atomic E-state index is 13.7. The number of nitrogens with zero attached hydrogens (tertiary/aromatic N) is 2. The zero-order valence-electron chi connectivity index (χ0n) is 10.1. The van der Waals surface area contributed by atoms with Crippen molar-refractivity contribution in [2.45, 2.75) is 18.9 Å². The first kappa shape index (κ1) is 13.1. The van der Waals surface area contributed by atoms with Gasteiger partial charge in [-0.3, -0.25) is 4.68 Å².